The summed E-state index contributed by atoms with van der Waals surface area (Å²) < 4.78 is 33.3. The highest BCUT2D eigenvalue weighted by Gasteiger charge is 2.40. The van der Waals surface area contributed by atoms with Gasteiger partial charge in [0, 0.05) is 39.8 Å². The first-order valence-electron chi connectivity index (χ1n) is 9.55. The quantitative estimate of drug-likeness (QED) is 0.803. The van der Waals surface area contributed by atoms with Crippen molar-refractivity contribution in [2.45, 2.75) is 51.2 Å². The molecule has 2 aliphatic rings. The molecular weight excluding hydrogens is 352 g/mol. The lowest BCUT2D eigenvalue weighted by Crippen LogP contribution is -2.49. The number of ether oxygens (including phenoxy) is 1. The molecule has 0 saturated carbocycles. The van der Waals surface area contributed by atoms with Gasteiger partial charge in [0.2, 0.25) is 10.0 Å². The molecule has 1 N–H and O–H groups in total. The topological polar surface area (TPSA) is 76.5 Å². The summed E-state index contributed by atoms with van der Waals surface area (Å²) in [5.74, 6) is 0.546. The Hall–Kier alpha value is -0.960. The fraction of sp³-hybridized carbons (Fsp3) is 0.833. The number of rotatable bonds is 6. The van der Waals surface area contributed by atoms with Gasteiger partial charge in [0.15, 0.2) is 0 Å². The summed E-state index contributed by atoms with van der Waals surface area (Å²) in [5.41, 5.74) is 2.32. The average Bonchev–Trinajstić information content (AvgIpc) is 2.86. The molecule has 8 heteroatoms. The summed E-state index contributed by atoms with van der Waals surface area (Å²) in [5, 5.41) is 4.43. The van der Waals surface area contributed by atoms with Gasteiger partial charge in [-0.2, -0.15) is 5.10 Å². The zero-order chi connectivity index (χ0) is 18.8. The minimum atomic E-state index is -3.09. The monoisotopic (exact) mass is 384 g/mol. The molecule has 2 saturated heterocycles. The van der Waals surface area contributed by atoms with Crippen molar-refractivity contribution in [3.05, 3.63) is 17.5 Å². The highest BCUT2D eigenvalue weighted by Crippen LogP contribution is 2.38. The highest BCUT2D eigenvalue weighted by molar-refractivity contribution is 7.88. The van der Waals surface area contributed by atoms with Gasteiger partial charge in [0.25, 0.3) is 0 Å². The van der Waals surface area contributed by atoms with Crippen molar-refractivity contribution in [2.75, 3.05) is 32.5 Å². The largest absolute Gasteiger partial charge is 0.375 e. The van der Waals surface area contributed by atoms with Crippen LogP contribution in [0.4, 0.5) is 0 Å². The van der Waals surface area contributed by atoms with Crippen LogP contribution in [-0.2, 0) is 28.4 Å². The van der Waals surface area contributed by atoms with Gasteiger partial charge in [-0.05, 0) is 51.0 Å². The molecule has 2 aliphatic heterocycles. The van der Waals surface area contributed by atoms with Crippen molar-refractivity contribution in [3.63, 3.8) is 0 Å². The number of sulfonamides is 1. The van der Waals surface area contributed by atoms with E-state index < -0.39 is 10.0 Å². The SMILES string of the molecule is Cc1cc(CN2CCC3(CC2)CC(CCNS(C)(=O)=O)CCO3)n(C)n1. The molecule has 0 bridgehead atoms. The Morgan fingerprint density at radius 2 is 2.12 bits per heavy atom. The van der Waals surface area contributed by atoms with Crippen LogP contribution in [0.5, 0.6) is 0 Å². The zero-order valence-electron chi connectivity index (χ0n) is 16.2. The van der Waals surface area contributed by atoms with Crippen LogP contribution in [0, 0.1) is 12.8 Å². The lowest BCUT2D eigenvalue weighted by molar-refractivity contribution is -0.128. The van der Waals surface area contributed by atoms with Gasteiger partial charge in [0.1, 0.15) is 0 Å². The zero-order valence-corrected chi connectivity index (χ0v) is 17.0. The number of piperidine rings is 1. The average molecular weight is 385 g/mol. The molecule has 1 aromatic rings. The van der Waals surface area contributed by atoms with Crippen LogP contribution in [0.1, 0.15) is 43.5 Å². The molecule has 1 aromatic heterocycles. The van der Waals surface area contributed by atoms with E-state index in [1.54, 1.807) is 0 Å². The molecular formula is C18H32N4O3S. The molecule has 1 spiro atoms. The number of aryl methyl sites for hydroxylation is 2. The Balaban J connectivity index is 1.48. The lowest BCUT2D eigenvalue weighted by Gasteiger charge is -2.46. The van der Waals surface area contributed by atoms with Crippen molar-refractivity contribution >= 4 is 10.0 Å². The van der Waals surface area contributed by atoms with Gasteiger partial charge in [-0.25, -0.2) is 13.1 Å². The number of likely N-dealkylation sites (tertiary alicyclic amines) is 1. The minimum absolute atomic E-state index is 0.00706. The molecule has 3 rings (SSSR count). The van der Waals surface area contributed by atoms with E-state index in [0.29, 0.717) is 12.5 Å². The van der Waals surface area contributed by atoms with Crippen LogP contribution in [0.3, 0.4) is 0 Å². The van der Waals surface area contributed by atoms with Crippen molar-refractivity contribution in [2.24, 2.45) is 13.0 Å². The fourth-order valence-corrected chi connectivity index (χ4v) is 4.82. The van der Waals surface area contributed by atoms with Gasteiger partial charge >= 0.3 is 0 Å². The third-order valence-corrected chi connectivity index (χ3v) is 6.49. The Kier molecular flexibility index (Phi) is 6.06. The third kappa shape index (κ3) is 5.28. The Morgan fingerprint density at radius 3 is 2.73 bits per heavy atom. The number of hydrogen-bond acceptors (Lipinski definition) is 5. The molecule has 0 aliphatic carbocycles. The van der Waals surface area contributed by atoms with Crippen LogP contribution >= 0.6 is 0 Å². The maximum atomic E-state index is 11.2. The van der Waals surface area contributed by atoms with E-state index in [9.17, 15) is 8.42 Å². The summed E-state index contributed by atoms with van der Waals surface area (Å²) in [4.78, 5) is 2.49. The Labute approximate surface area is 157 Å². The van der Waals surface area contributed by atoms with Crippen LogP contribution in [-0.4, -0.2) is 61.2 Å². The van der Waals surface area contributed by atoms with E-state index in [1.807, 2.05) is 18.7 Å². The molecule has 0 aromatic carbocycles. The Morgan fingerprint density at radius 1 is 1.38 bits per heavy atom. The molecule has 148 valence electrons. The predicted octanol–water partition coefficient (Wildman–Crippen LogP) is 1.43. The highest BCUT2D eigenvalue weighted by atomic mass is 32.2. The van der Waals surface area contributed by atoms with E-state index in [1.165, 1.54) is 11.9 Å². The van der Waals surface area contributed by atoms with Crippen LogP contribution in [0.15, 0.2) is 6.07 Å². The molecule has 1 unspecified atom stereocenters. The normalized spacial score (nSPS) is 24.2. The van der Waals surface area contributed by atoms with Gasteiger partial charge in [-0.15, -0.1) is 0 Å². The molecule has 7 nitrogen and oxygen atoms in total. The van der Waals surface area contributed by atoms with Crippen molar-refractivity contribution in [3.8, 4) is 0 Å². The molecule has 0 radical (unpaired) electrons. The minimum Gasteiger partial charge on any atom is -0.375 e. The number of nitrogens with zero attached hydrogens (tertiary/aromatic N) is 3. The maximum absolute atomic E-state index is 11.2. The molecule has 26 heavy (non-hydrogen) atoms. The van der Waals surface area contributed by atoms with Gasteiger partial charge in [-0.3, -0.25) is 9.58 Å². The first-order chi connectivity index (χ1) is 12.2. The second kappa shape index (κ2) is 7.96. The van der Waals surface area contributed by atoms with Crippen LogP contribution in [0.2, 0.25) is 0 Å². The van der Waals surface area contributed by atoms with Crippen LogP contribution in [0.25, 0.3) is 0 Å². The molecule has 2 fully saturated rings. The van der Waals surface area contributed by atoms with E-state index in [0.717, 1.165) is 64.0 Å². The summed E-state index contributed by atoms with van der Waals surface area (Å²) >= 11 is 0. The van der Waals surface area contributed by atoms with Gasteiger partial charge in [-0.1, -0.05) is 0 Å². The maximum Gasteiger partial charge on any atom is 0.208 e. The predicted molar refractivity (Wildman–Crippen MR) is 101 cm³/mol. The first kappa shape index (κ1) is 19.8. The summed E-state index contributed by atoms with van der Waals surface area (Å²) in [6.45, 7) is 6.38. The van der Waals surface area contributed by atoms with Gasteiger partial charge < -0.3 is 4.74 Å². The van der Waals surface area contributed by atoms with Crippen LogP contribution < -0.4 is 4.72 Å². The molecule has 0 amide bonds. The first-order valence-corrected chi connectivity index (χ1v) is 11.4. The lowest BCUT2D eigenvalue weighted by atomic mass is 9.78. The van der Waals surface area contributed by atoms with E-state index >= 15 is 0 Å². The summed E-state index contributed by atoms with van der Waals surface area (Å²) in [6.07, 6.45) is 6.32. The molecule has 3 heterocycles. The summed E-state index contributed by atoms with van der Waals surface area (Å²) in [7, 11) is -1.09. The van der Waals surface area contributed by atoms with E-state index in [-0.39, 0.29) is 5.60 Å². The van der Waals surface area contributed by atoms with E-state index in [2.05, 4.69) is 20.8 Å². The van der Waals surface area contributed by atoms with E-state index in [4.69, 9.17) is 4.74 Å². The second-order valence-corrected chi connectivity index (χ2v) is 9.86. The number of aromatic nitrogens is 2. The standard InChI is InChI=1S/C18H32N4O3S/c1-15-12-17(21(2)20-15)14-22-9-6-18(7-10-22)13-16(5-11-25-18)4-8-19-26(3,23)24/h12,16,19H,4-11,13-14H2,1-3H3. The molecule has 1 atom stereocenters. The van der Waals surface area contributed by atoms with Crippen molar-refractivity contribution in [1.82, 2.24) is 19.4 Å². The number of hydrogen-bond donors (Lipinski definition) is 1. The number of nitrogens with one attached hydrogen (secondary N) is 1. The Bertz CT molecular complexity index is 708. The van der Waals surface area contributed by atoms with Crippen molar-refractivity contribution in [1.29, 1.82) is 0 Å². The second-order valence-electron chi connectivity index (χ2n) is 8.02. The van der Waals surface area contributed by atoms with Gasteiger partial charge in [0.05, 0.1) is 23.2 Å². The fourth-order valence-electron chi connectivity index (χ4n) is 4.33. The van der Waals surface area contributed by atoms with Crippen molar-refractivity contribution < 1.29 is 13.2 Å². The third-order valence-electron chi connectivity index (χ3n) is 5.76. The summed E-state index contributed by atoms with van der Waals surface area (Å²) in [6, 6.07) is 2.16. The smallest absolute Gasteiger partial charge is 0.208 e.